The normalized spacial score (nSPS) is 13.8. The van der Waals surface area contributed by atoms with Crippen molar-refractivity contribution in [3.63, 3.8) is 0 Å². The molecule has 3 aromatic carbocycles. The summed E-state index contributed by atoms with van der Waals surface area (Å²) in [6.45, 7) is 5.78. The molecule has 4 rings (SSSR count). The summed E-state index contributed by atoms with van der Waals surface area (Å²) < 4.78 is 19.5. The molecule has 0 radical (unpaired) electrons. The molecule has 3 amide bonds. The number of carbonyl (C=O) groups excluding carboxylic acids is 3. The molecule has 0 bridgehead atoms. The molecule has 0 spiro atoms. The van der Waals surface area contributed by atoms with Crippen LogP contribution < -0.4 is 20.9 Å². The van der Waals surface area contributed by atoms with Crippen LogP contribution in [0.3, 0.4) is 0 Å². The number of nitrogens with one attached hydrogen (secondary N) is 3. The van der Waals surface area contributed by atoms with E-state index in [1.165, 1.54) is 31.7 Å². The maximum absolute atomic E-state index is 14.5. The van der Waals surface area contributed by atoms with Crippen molar-refractivity contribution in [2.75, 3.05) is 17.7 Å². The van der Waals surface area contributed by atoms with Gasteiger partial charge in [0.1, 0.15) is 0 Å². The van der Waals surface area contributed by atoms with Crippen molar-refractivity contribution in [2.45, 2.75) is 65.7 Å². The number of aryl methyl sites for hydroxylation is 3. The van der Waals surface area contributed by atoms with Gasteiger partial charge in [-0.2, -0.15) is 5.48 Å². The van der Waals surface area contributed by atoms with E-state index < -0.39 is 23.7 Å². The minimum Gasteiger partial charge on any atom is -0.494 e. The second-order valence-electron chi connectivity index (χ2n) is 10.9. The topological polar surface area (TPSA) is 106 Å². The van der Waals surface area contributed by atoms with Crippen molar-refractivity contribution in [3.05, 3.63) is 76.6 Å². The highest BCUT2D eigenvalue weighted by Crippen LogP contribution is 2.30. The number of amides is 3. The molecule has 1 aliphatic carbocycles. The fourth-order valence-electron chi connectivity index (χ4n) is 5.44. The van der Waals surface area contributed by atoms with Gasteiger partial charge in [0.05, 0.1) is 24.3 Å². The summed E-state index contributed by atoms with van der Waals surface area (Å²) in [5.74, 6) is -1.87. The predicted octanol–water partition coefficient (Wildman–Crippen LogP) is 7.62. The van der Waals surface area contributed by atoms with Gasteiger partial charge in [-0.1, -0.05) is 61.9 Å². The average Bonchev–Trinajstić information content (AvgIpc) is 2.93. The van der Waals surface area contributed by atoms with Crippen LogP contribution in [0.4, 0.5) is 20.6 Å². The molecule has 42 heavy (non-hydrogen) atoms. The first-order valence-corrected chi connectivity index (χ1v) is 14.3. The van der Waals surface area contributed by atoms with Gasteiger partial charge in [-0.3, -0.25) is 4.79 Å². The van der Waals surface area contributed by atoms with Gasteiger partial charge in [0, 0.05) is 5.69 Å². The van der Waals surface area contributed by atoms with Gasteiger partial charge >= 0.3 is 12.0 Å². The number of benzene rings is 3. The van der Waals surface area contributed by atoms with E-state index in [4.69, 9.17) is 9.57 Å². The maximum atomic E-state index is 14.5. The first kappa shape index (κ1) is 30.6. The van der Waals surface area contributed by atoms with Crippen LogP contribution in [0.25, 0.3) is 11.1 Å². The van der Waals surface area contributed by atoms with Crippen molar-refractivity contribution in [3.8, 4) is 16.9 Å². The highest BCUT2D eigenvalue weighted by molar-refractivity contribution is 6.07. The minimum atomic E-state index is -0.695. The molecule has 0 saturated heterocycles. The summed E-state index contributed by atoms with van der Waals surface area (Å²) in [7, 11) is 1.38. The van der Waals surface area contributed by atoms with Crippen molar-refractivity contribution < 1.29 is 28.3 Å². The van der Waals surface area contributed by atoms with Gasteiger partial charge in [0.15, 0.2) is 11.6 Å². The number of ether oxygens (including phenoxy) is 1. The summed E-state index contributed by atoms with van der Waals surface area (Å²) in [5, 5.41) is 5.62. The third-order valence-corrected chi connectivity index (χ3v) is 7.60. The molecule has 3 N–H and O–H groups in total. The molecule has 0 aliphatic heterocycles. The molecule has 9 heteroatoms. The van der Waals surface area contributed by atoms with Gasteiger partial charge in [-0.15, -0.1) is 0 Å². The van der Waals surface area contributed by atoms with E-state index in [0.717, 1.165) is 55.2 Å². The number of carbonyl (C=O) groups is 3. The quantitative estimate of drug-likeness (QED) is 0.262. The number of urea groups is 1. The van der Waals surface area contributed by atoms with Crippen molar-refractivity contribution >= 4 is 29.3 Å². The average molecular weight is 576 g/mol. The molecule has 222 valence electrons. The number of hydrogen-bond acceptors (Lipinski definition) is 5. The van der Waals surface area contributed by atoms with Crippen LogP contribution in [0.2, 0.25) is 0 Å². The highest BCUT2D eigenvalue weighted by atomic mass is 19.1. The zero-order valence-corrected chi connectivity index (χ0v) is 24.6. The Morgan fingerprint density at radius 2 is 1.43 bits per heavy atom. The van der Waals surface area contributed by atoms with Crippen molar-refractivity contribution in [1.82, 2.24) is 5.48 Å². The van der Waals surface area contributed by atoms with Crippen LogP contribution in [-0.2, 0) is 9.63 Å². The monoisotopic (exact) mass is 575 g/mol. The molecule has 0 aromatic heterocycles. The second kappa shape index (κ2) is 14.0. The third-order valence-electron chi connectivity index (χ3n) is 7.60. The Morgan fingerprint density at radius 3 is 2.07 bits per heavy atom. The lowest BCUT2D eigenvalue weighted by atomic mass is 9.91. The van der Waals surface area contributed by atoms with E-state index in [9.17, 15) is 18.8 Å². The van der Waals surface area contributed by atoms with Crippen LogP contribution >= 0.6 is 0 Å². The fraction of sp³-hybridized carbons (Fsp3) is 0.364. The molecule has 3 aromatic rings. The number of methoxy groups -OCH3 is 1. The van der Waals surface area contributed by atoms with E-state index in [-0.39, 0.29) is 22.9 Å². The van der Waals surface area contributed by atoms with Crippen molar-refractivity contribution in [2.24, 2.45) is 5.92 Å². The SMILES string of the molecule is COc1ccc(-c2ccc(C(=O)NOC(=O)C3CCCCCCC3)c(NC(=O)Nc3c(C)cc(C)cc3C)c2)cc1F. The van der Waals surface area contributed by atoms with Gasteiger partial charge in [-0.05, 0) is 80.1 Å². The van der Waals surface area contributed by atoms with E-state index in [2.05, 4.69) is 16.1 Å². The fourth-order valence-corrected chi connectivity index (χ4v) is 5.44. The Labute approximate surface area is 245 Å². The number of anilines is 2. The van der Waals surface area contributed by atoms with E-state index in [1.54, 1.807) is 18.2 Å². The molecule has 8 nitrogen and oxygen atoms in total. The zero-order chi connectivity index (χ0) is 30.2. The standard InChI is InChI=1S/C33H38FN3O5/c1-20-16-21(2)30(22(3)17-20)36-33(40)35-28-19-25(24-13-15-29(41-4)27(34)18-24)12-14-26(28)31(38)37-42-32(39)23-10-8-6-5-7-9-11-23/h12-19,23H,5-11H2,1-4H3,(H,37,38)(H2,35,36,40). The molecule has 0 atom stereocenters. The largest absolute Gasteiger partial charge is 0.494 e. The molecular weight excluding hydrogens is 537 g/mol. The van der Waals surface area contributed by atoms with Crippen molar-refractivity contribution in [1.29, 1.82) is 0 Å². The Balaban J connectivity index is 1.57. The summed E-state index contributed by atoms with van der Waals surface area (Å²) in [4.78, 5) is 44.3. The van der Waals surface area contributed by atoms with E-state index in [0.29, 0.717) is 16.8 Å². The lowest BCUT2D eigenvalue weighted by Gasteiger charge is -2.19. The van der Waals surface area contributed by atoms with Crippen LogP contribution in [-0.4, -0.2) is 25.0 Å². The van der Waals surface area contributed by atoms with Gasteiger partial charge < -0.3 is 20.2 Å². The Kier molecular flexibility index (Phi) is 10.2. The third kappa shape index (κ3) is 7.66. The molecule has 1 aliphatic rings. The van der Waals surface area contributed by atoms with Gasteiger partial charge in [0.25, 0.3) is 5.91 Å². The van der Waals surface area contributed by atoms with Crippen LogP contribution in [0.5, 0.6) is 5.75 Å². The molecule has 1 fully saturated rings. The Bertz CT molecular complexity index is 1440. The minimum absolute atomic E-state index is 0.0747. The molecule has 0 unspecified atom stereocenters. The zero-order valence-electron chi connectivity index (χ0n) is 24.6. The lowest BCUT2D eigenvalue weighted by molar-refractivity contribution is -0.154. The summed E-state index contributed by atoms with van der Waals surface area (Å²) in [5.41, 5.74) is 7.08. The smallest absolute Gasteiger partial charge is 0.335 e. The van der Waals surface area contributed by atoms with Gasteiger partial charge in [-0.25, -0.2) is 14.0 Å². The lowest BCUT2D eigenvalue weighted by Crippen LogP contribution is -2.32. The first-order valence-electron chi connectivity index (χ1n) is 14.3. The second-order valence-corrected chi connectivity index (χ2v) is 10.9. The predicted molar refractivity (Wildman–Crippen MR) is 161 cm³/mol. The van der Waals surface area contributed by atoms with E-state index in [1.807, 2.05) is 32.9 Å². The molecule has 1 saturated carbocycles. The number of hydrogen-bond donors (Lipinski definition) is 3. The number of hydroxylamine groups is 1. The summed E-state index contributed by atoms with van der Waals surface area (Å²) in [6, 6.07) is 12.5. The summed E-state index contributed by atoms with van der Waals surface area (Å²) in [6.07, 6.45) is 6.69. The molecular formula is C33H38FN3O5. The Hall–Kier alpha value is -4.40. The summed E-state index contributed by atoms with van der Waals surface area (Å²) >= 11 is 0. The van der Waals surface area contributed by atoms with E-state index >= 15 is 0 Å². The van der Waals surface area contributed by atoms with Crippen LogP contribution in [0, 0.1) is 32.5 Å². The van der Waals surface area contributed by atoms with Crippen LogP contribution in [0.1, 0.15) is 72.0 Å². The number of rotatable bonds is 6. The van der Waals surface area contributed by atoms with Gasteiger partial charge in [0.2, 0.25) is 0 Å². The maximum Gasteiger partial charge on any atom is 0.335 e. The Morgan fingerprint density at radius 1 is 0.810 bits per heavy atom. The number of halogens is 1. The first-order chi connectivity index (χ1) is 20.2. The molecule has 0 heterocycles. The van der Waals surface area contributed by atoms with Crippen LogP contribution in [0.15, 0.2) is 48.5 Å². The highest BCUT2D eigenvalue weighted by Gasteiger charge is 2.23.